The van der Waals surface area contributed by atoms with Crippen LogP contribution in [0, 0.1) is 18.8 Å². The molecule has 0 fully saturated rings. The van der Waals surface area contributed by atoms with E-state index in [1.807, 2.05) is 32.9 Å². The van der Waals surface area contributed by atoms with Gasteiger partial charge in [-0.3, -0.25) is 4.79 Å². The Hall–Kier alpha value is -1.46. The number of carbonyl (C=O) groups is 1. The monoisotopic (exact) mass is 277 g/mol. The Morgan fingerprint density at radius 2 is 2.21 bits per heavy atom. The van der Waals surface area contributed by atoms with Crippen LogP contribution < -0.4 is 11.1 Å². The number of aromatic nitrogens is 1. The maximum Gasteiger partial charge on any atom is 0.230 e. The van der Waals surface area contributed by atoms with Gasteiger partial charge in [0, 0.05) is 6.54 Å². The zero-order valence-electron chi connectivity index (χ0n) is 11.4. The van der Waals surface area contributed by atoms with E-state index < -0.39 is 0 Å². The number of thiazole rings is 1. The molecule has 4 nitrogen and oxygen atoms in total. The van der Waals surface area contributed by atoms with E-state index in [1.54, 1.807) is 0 Å². The molecule has 5 heteroatoms. The fraction of sp³-hybridized carbons (Fsp3) is 0.429. The van der Waals surface area contributed by atoms with Gasteiger partial charge in [0.1, 0.15) is 0 Å². The van der Waals surface area contributed by atoms with Crippen molar-refractivity contribution >= 4 is 32.6 Å². The minimum Gasteiger partial charge on any atom is -0.330 e. The summed E-state index contributed by atoms with van der Waals surface area (Å²) < 4.78 is 1.09. The summed E-state index contributed by atoms with van der Waals surface area (Å²) in [6.07, 6.45) is 0. The summed E-state index contributed by atoms with van der Waals surface area (Å²) in [5.41, 5.74) is 7.75. The highest BCUT2D eigenvalue weighted by atomic mass is 32.1. The first-order valence-electron chi connectivity index (χ1n) is 6.39. The van der Waals surface area contributed by atoms with Gasteiger partial charge in [0.25, 0.3) is 0 Å². The van der Waals surface area contributed by atoms with E-state index in [4.69, 9.17) is 5.73 Å². The number of nitrogens with zero attached hydrogens (tertiary/aromatic N) is 1. The van der Waals surface area contributed by atoms with Crippen LogP contribution in [0.2, 0.25) is 0 Å². The molecule has 1 unspecified atom stereocenters. The fourth-order valence-corrected chi connectivity index (χ4v) is 2.93. The molecule has 2 rings (SSSR count). The molecule has 0 aliphatic heterocycles. The number of anilines is 1. The molecule has 19 heavy (non-hydrogen) atoms. The van der Waals surface area contributed by atoms with Crippen molar-refractivity contribution in [2.45, 2.75) is 20.8 Å². The molecule has 1 heterocycles. The lowest BCUT2D eigenvalue weighted by Crippen LogP contribution is -2.32. The van der Waals surface area contributed by atoms with Gasteiger partial charge in [-0.15, -0.1) is 0 Å². The average molecular weight is 277 g/mol. The highest BCUT2D eigenvalue weighted by molar-refractivity contribution is 7.22. The van der Waals surface area contributed by atoms with E-state index in [0.29, 0.717) is 11.7 Å². The van der Waals surface area contributed by atoms with Crippen LogP contribution in [0.1, 0.15) is 19.4 Å². The lowest BCUT2D eigenvalue weighted by atomic mass is 9.95. The number of aryl methyl sites for hydroxylation is 1. The van der Waals surface area contributed by atoms with Crippen LogP contribution in [0.3, 0.4) is 0 Å². The third-order valence-corrected chi connectivity index (χ3v) is 4.10. The second-order valence-corrected chi connectivity index (χ2v) is 6.10. The van der Waals surface area contributed by atoms with Gasteiger partial charge in [0.15, 0.2) is 5.13 Å². The fourth-order valence-electron chi connectivity index (χ4n) is 1.97. The van der Waals surface area contributed by atoms with Crippen molar-refractivity contribution < 1.29 is 4.79 Å². The zero-order valence-corrected chi connectivity index (χ0v) is 12.3. The Kier molecular flexibility index (Phi) is 4.17. The molecule has 0 saturated carbocycles. The molecule has 0 spiro atoms. The van der Waals surface area contributed by atoms with Crippen molar-refractivity contribution in [2.24, 2.45) is 17.6 Å². The van der Waals surface area contributed by atoms with Gasteiger partial charge in [0.2, 0.25) is 5.91 Å². The van der Waals surface area contributed by atoms with Crippen LogP contribution >= 0.6 is 11.3 Å². The van der Waals surface area contributed by atoms with Crippen molar-refractivity contribution in [1.29, 1.82) is 0 Å². The average Bonchev–Trinajstić information content (AvgIpc) is 2.70. The van der Waals surface area contributed by atoms with E-state index in [1.165, 1.54) is 16.9 Å². The predicted octanol–water partition coefficient (Wildman–Crippen LogP) is 2.77. The number of nitrogens with two attached hydrogens (primary N) is 1. The SMILES string of the molecule is Cc1ccc2nc(NC(=O)C(CN)C(C)C)sc2c1. The molecule has 102 valence electrons. The second kappa shape index (κ2) is 5.67. The third-order valence-electron chi connectivity index (χ3n) is 3.17. The number of hydrogen-bond acceptors (Lipinski definition) is 4. The second-order valence-electron chi connectivity index (χ2n) is 5.07. The van der Waals surface area contributed by atoms with Crippen LogP contribution in [0.4, 0.5) is 5.13 Å². The predicted molar refractivity (Wildman–Crippen MR) is 80.4 cm³/mol. The van der Waals surface area contributed by atoms with Gasteiger partial charge in [0.05, 0.1) is 16.1 Å². The van der Waals surface area contributed by atoms with E-state index in [2.05, 4.69) is 16.4 Å². The zero-order chi connectivity index (χ0) is 14.0. The molecule has 1 atom stereocenters. The van der Waals surface area contributed by atoms with Gasteiger partial charge in [-0.2, -0.15) is 0 Å². The molecule has 0 saturated heterocycles. The lowest BCUT2D eigenvalue weighted by Gasteiger charge is -2.16. The highest BCUT2D eigenvalue weighted by Gasteiger charge is 2.21. The molecule has 0 aliphatic carbocycles. The number of fused-ring (bicyclic) bond motifs is 1. The van der Waals surface area contributed by atoms with Crippen molar-refractivity contribution in [3.63, 3.8) is 0 Å². The molecule has 2 aromatic rings. The molecule has 0 bridgehead atoms. The first kappa shape index (κ1) is 14.0. The van der Waals surface area contributed by atoms with Gasteiger partial charge < -0.3 is 11.1 Å². The van der Waals surface area contributed by atoms with E-state index in [-0.39, 0.29) is 17.7 Å². The Balaban J connectivity index is 2.19. The lowest BCUT2D eigenvalue weighted by molar-refractivity contribution is -0.120. The first-order valence-corrected chi connectivity index (χ1v) is 7.21. The quantitative estimate of drug-likeness (QED) is 0.903. The Morgan fingerprint density at radius 1 is 1.47 bits per heavy atom. The number of amides is 1. The number of benzene rings is 1. The van der Waals surface area contributed by atoms with Crippen LogP contribution in [-0.4, -0.2) is 17.4 Å². The Bertz CT molecular complexity index is 591. The van der Waals surface area contributed by atoms with Crippen LogP contribution in [0.5, 0.6) is 0 Å². The maximum atomic E-state index is 12.1. The number of nitrogens with one attached hydrogen (secondary N) is 1. The van der Waals surface area contributed by atoms with Crippen LogP contribution in [0.25, 0.3) is 10.2 Å². The number of carbonyl (C=O) groups excluding carboxylic acids is 1. The summed E-state index contributed by atoms with van der Waals surface area (Å²) in [7, 11) is 0. The van der Waals surface area contributed by atoms with Crippen LogP contribution in [-0.2, 0) is 4.79 Å². The smallest absolute Gasteiger partial charge is 0.230 e. The van der Waals surface area contributed by atoms with Gasteiger partial charge in [-0.25, -0.2) is 4.98 Å². The summed E-state index contributed by atoms with van der Waals surface area (Å²) in [6, 6.07) is 6.07. The summed E-state index contributed by atoms with van der Waals surface area (Å²) >= 11 is 1.50. The van der Waals surface area contributed by atoms with Crippen molar-refractivity contribution in [2.75, 3.05) is 11.9 Å². The molecule has 3 N–H and O–H groups in total. The standard InChI is InChI=1S/C14H19N3OS/c1-8(2)10(7-15)13(18)17-14-16-11-5-4-9(3)6-12(11)19-14/h4-6,8,10H,7,15H2,1-3H3,(H,16,17,18). The van der Waals surface area contributed by atoms with Crippen molar-refractivity contribution in [3.05, 3.63) is 23.8 Å². The van der Waals surface area contributed by atoms with Crippen molar-refractivity contribution in [1.82, 2.24) is 4.98 Å². The highest BCUT2D eigenvalue weighted by Crippen LogP contribution is 2.27. The molecule has 0 radical (unpaired) electrons. The minimum atomic E-state index is -0.172. The molecule has 1 aromatic carbocycles. The third kappa shape index (κ3) is 3.11. The summed E-state index contributed by atoms with van der Waals surface area (Å²) in [5, 5.41) is 3.51. The number of hydrogen-bond donors (Lipinski definition) is 2. The Labute approximate surface area is 117 Å². The van der Waals surface area contributed by atoms with Gasteiger partial charge in [-0.05, 0) is 30.5 Å². The molecule has 1 aromatic heterocycles. The molecular formula is C14H19N3OS. The van der Waals surface area contributed by atoms with Crippen LogP contribution in [0.15, 0.2) is 18.2 Å². The number of rotatable bonds is 4. The normalized spacial score (nSPS) is 12.9. The molecule has 1 amide bonds. The Morgan fingerprint density at radius 3 is 2.84 bits per heavy atom. The minimum absolute atomic E-state index is 0.0479. The van der Waals surface area contributed by atoms with E-state index in [9.17, 15) is 4.79 Å². The summed E-state index contributed by atoms with van der Waals surface area (Å²) in [4.78, 5) is 16.5. The summed E-state index contributed by atoms with van der Waals surface area (Å²) in [6.45, 7) is 6.39. The summed E-state index contributed by atoms with van der Waals surface area (Å²) in [5.74, 6) is 0.00338. The van der Waals surface area contributed by atoms with Gasteiger partial charge in [-0.1, -0.05) is 31.3 Å². The first-order chi connectivity index (χ1) is 9.01. The van der Waals surface area contributed by atoms with Crippen molar-refractivity contribution in [3.8, 4) is 0 Å². The molecular weight excluding hydrogens is 258 g/mol. The molecule has 0 aliphatic rings. The maximum absolute atomic E-state index is 12.1. The van der Waals surface area contributed by atoms with E-state index >= 15 is 0 Å². The largest absolute Gasteiger partial charge is 0.330 e. The van der Waals surface area contributed by atoms with Gasteiger partial charge >= 0.3 is 0 Å². The van der Waals surface area contributed by atoms with E-state index in [0.717, 1.165) is 10.2 Å². The topological polar surface area (TPSA) is 68.0 Å².